The molecule has 0 aliphatic heterocycles. The van der Waals surface area contributed by atoms with Crippen molar-refractivity contribution in [2.24, 2.45) is 21.2 Å². The lowest BCUT2D eigenvalue weighted by atomic mass is 10.4. The monoisotopic (exact) mass is 395 g/mol. The first-order valence-corrected chi connectivity index (χ1v) is 8.09. The lowest BCUT2D eigenvalue weighted by molar-refractivity contribution is 0.0711. The smallest absolute Gasteiger partial charge is 0.411 e. The van der Waals surface area contributed by atoms with Gasteiger partial charge in [-0.15, -0.1) is 0 Å². The molecule has 0 atom stereocenters. The molecule has 0 bridgehead atoms. The third-order valence-electron chi connectivity index (χ3n) is 1.30. The molecule has 0 aliphatic carbocycles. The lowest BCUT2D eigenvalue weighted by Crippen LogP contribution is -2.20. The highest BCUT2D eigenvalue weighted by Crippen LogP contribution is 1.77. The van der Waals surface area contributed by atoms with Crippen molar-refractivity contribution < 1.29 is 29.6 Å². The van der Waals surface area contributed by atoms with E-state index in [1.807, 2.05) is 27.7 Å². The second-order valence-corrected chi connectivity index (χ2v) is 5.57. The van der Waals surface area contributed by atoms with Gasteiger partial charge in [0.1, 0.15) is 6.61 Å². The summed E-state index contributed by atoms with van der Waals surface area (Å²) in [5.41, 5.74) is 9.48. The number of nitrogens with two attached hydrogens (primary N) is 1. The number of nitrogens with zero attached hydrogens (tertiary/aromatic N) is 3. The van der Waals surface area contributed by atoms with Gasteiger partial charge >= 0.3 is 6.09 Å². The molecule has 0 aliphatic rings. The molecule has 0 aromatic rings. The van der Waals surface area contributed by atoms with Crippen LogP contribution in [-0.2, 0) is 14.5 Å². The van der Waals surface area contributed by atoms with Crippen LogP contribution in [0.5, 0.6) is 0 Å². The molecule has 11 heteroatoms. The Morgan fingerprint density at radius 3 is 1.63 bits per heavy atom. The van der Waals surface area contributed by atoms with E-state index >= 15 is 0 Å². The van der Waals surface area contributed by atoms with E-state index in [4.69, 9.17) is 10.3 Å². The third-order valence-corrected chi connectivity index (χ3v) is 1.30. The van der Waals surface area contributed by atoms with Crippen molar-refractivity contribution in [2.75, 3.05) is 20.3 Å². The number of carbonyl (C=O) groups is 1. The highest BCUT2D eigenvalue weighted by Gasteiger charge is 1.86. The molecule has 0 saturated carbocycles. The van der Waals surface area contributed by atoms with Crippen LogP contribution in [0.4, 0.5) is 4.79 Å². The number of hydrogen-bond acceptors (Lipinski definition) is 10. The Balaban J connectivity index is -0.000000133. The van der Waals surface area contributed by atoms with Gasteiger partial charge in [-0.25, -0.2) is 10.3 Å². The Kier molecular flexibility index (Phi) is 31.2. The van der Waals surface area contributed by atoms with Gasteiger partial charge in [-0.05, 0) is 55.4 Å². The predicted molar refractivity (Wildman–Crippen MR) is 107 cm³/mol. The van der Waals surface area contributed by atoms with Crippen molar-refractivity contribution in [1.29, 1.82) is 0 Å². The second-order valence-electron chi connectivity index (χ2n) is 5.57. The molecule has 0 unspecified atom stereocenters. The fourth-order valence-electron chi connectivity index (χ4n) is 0.588. The number of nitrogens with one attached hydrogen (secondary N) is 1. The summed E-state index contributed by atoms with van der Waals surface area (Å²) >= 11 is 0. The van der Waals surface area contributed by atoms with Crippen LogP contribution in [-0.4, -0.2) is 59.9 Å². The van der Waals surface area contributed by atoms with Gasteiger partial charge in [0.05, 0.1) is 30.9 Å². The fourth-order valence-corrected chi connectivity index (χ4v) is 0.588. The van der Waals surface area contributed by atoms with Gasteiger partial charge in [0.15, 0.2) is 0 Å². The number of aliphatic hydroxyl groups is 1. The third kappa shape index (κ3) is 69.1. The summed E-state index contributed by atoms with van der Waals surface area (Å²) in [6.07, 6.45) is -0.883. The van der Waals surface area contributed by atoms with Crippen LogP contribution < -0.4 is 11.2 Å². The zero-order valence-electron chi connectivity index (χ0n) is 17.9. The molecule has 0 saturated heterocycles. The Bertz CT molecular complexity index is 414. The molecule has 0 aromatic carbocycles. The van der Waals surface area contributed by atoms with Crippen molar-refractivity contribution in [3.8, 4) is 0 Å². The molecule has 0 aromatic heterocycles. The molecule has 162 valence electrons. The van der Waals surface area contributed by atoms with Crippen LogP contribution in [0.15, 0.2) is 15.5 Å². The van der Waals surface area contributed by atoms with Crippen LogP contribution in [0.25, 0.3) is 0 Å². The molecule has 0 fully saturated rings. The summed E-state index contributed by atoms with van der Waals surface area (Å²) in [5, 5.41) is 25.6. The number of rotatable bonds is 6. The summed E-state index contributed by atoms with van der Waals surface area (Å²) in [4.78, 5) is 23.0. The van der Waals surface area contributed by atoms with E-state index in [1.54, 1.807) is 34.8 Å². The predicted octanol–water partition coefficient (Wildman–Crippen LogP) is 2.27. The van der Waals surface area contributed by atoms with Gasteiger partial charge in [0.2, 0.25) is 0 Å². The van der Waals surface area contributed by atoms with Crippen LogP contribution in [0.3, 0.4) is 0 Å². The van der Waals surface area contributed by atoms with Crippen molar-refractivity contribution in [2.45, 2.75) is 61.4 Å². The first-order chi connectivity index (χ1) is 12.4. The maximum atomic E-state index is 9.80. The van der Waals surface area contributed by atoms with E-state index in [0.29, 0.717) is 17.5 Å². The fraction of sp³-hybridized carbons (Fsp3) is 0.750. The Morgan fingerprint density at radius 2 is 1.48 bits per heavy atom. The highest BCUT2D eigenvalue weighted by atomic mass is 16.7. The quantitative estimate of drug-likeness (QED) is 0.176. The van der Waals surface area contributed by atoms with Crippen molar-refractivity contribution in [3.05, 3.63) is 0 Å². The van der Waals surface area contributed by atoms with Crippen LogP contribution in [0.2, 0.25) is 0 Å². The number of primary amides is 1. The molecule has 11 nitrogen and oxygen atoms in total. The minimum absolute atomic E-state index is 0.0246. The van der Waals surface area contributed by atoms with Crippen LogP contribution >= 0.6 is 0 Å². The van der Waals surface area contributed by atoms with Crippen molar-refractivity contribution in [3.63, 3.8) is 0 Å². The average Bonchev–Trinajstić information content (AvgIpc) is 2.54. The largest absolute Gasteiger partial charge is 0.430 e. The average molecular weight is 396 g/mol. The molecule has 5 N–H and O–H groups in total. The summed E-state index contributed by atoms with van der Waals surface area (Å²) < 4.78 is 0. The van der Waals surface area contributed by atoms with E-state index < -0.39 is 6.09 Å². The molecular weight excluding hydrogens is 358 g/mol. The SMILES string of the molecule is CC(C)=NO.CC(C)=NOC(N)=O.CC(C)=NOCCO.CONC(C)C. The number of carbonyl (C=O) groups excluding carboxylic acids is 1. The maximum absolute atomic E-state index is 9.80. The van der Waals surface area contributed by atoms with Crippen molar-refractivity contribution in [1.82, 2.24) is 5.48 Å². The number of hydrogen-bond donors (Lipinski definition) is 4. The summed E-state index contributed by atoms with van der Waals surface area (Å²) in [6.45, 7) is 14.8. The number of amides is 1. The van der Waals surface area contributed by atoms with Gasteiger partial charge in [-0.2, -0.15) is 0 Å². The molecule has 0 radical (unpaired) electrons. The zero-order chi connectivity index (χ0) is 22.3. The summed E-state index contributed by atoms with van der Waals surface area (Å²) in [7, 11) is 1.61. The van der Waals surface area contributed by atoms with E-state index in [-0.39, 0.29) is 13.2 Å². The van der Waals surface area contributed by atoms with E-state index in [1.165, 1.54) is 0 Å². The van der Waals surface area contributed by atoms with E-state index in [2.05, 4.69) is 41.2 Å². The number of hydroxylamine groups is 1. The Labute approximate surface area is 162 Å². The first-order valence-electron chi connectivity index (χ1n) is 8.09. The normalized spacial score (nSPS) is 8.26. The number of aliphatic hydroxyl groups excluding tert-OH is 1. The molecule has 27 heavy (non-hydrogen) atoms. The molecular formula is C16H37N5O6. The maximum Gasteiger partial charge on any atom is 0.430 e. The summed E-state index contributed by atoms with van der Waals surface area (Å²) in [6, 6.07) is 0.426. The lowest BCUT2D eigenvalue weighted by Gasteiger charge is -2.01. The Hall–Kier alpha value is -2.24. The van der Waals surface area contributed by atoms with Crippen LogP contribution in [0, 0.1) is 0 Å². The second kappa shape index (κ2) is 26.0. The standard InChI is InChI=1S/C5H11NO2.C4H8N2O2.C4H11NO.C3H7NO/c1-5(2)6-8-4-3-7;1-3(2)6-8-4(5)7;1-4(2)5-6-3;1-3(2)4-5/h7H,3-4H2,1-2H3;1-2H3,(H2,5,7);4-5H,1-3H3;5H,1-2H3. The Morgan fingerprint density at radius 1 is 1.04 bits per heavy atom. The van der Waals surface area contributed by atoms with Gasteiger partial charge in [-0.1, -0.05) is 15.5 Å². The molecule has 0 heterocycles. The van der Waals surface area contributed by atoms with E-state index in [9.17, 15) is 4.79 Å². The van der Waals surface area contributed by atoms with Crippen LogP contribution in [0.1, 0.15) is 55.4 Å². The van der Waals surface area contributed by atoms with Gasteiger partial charge in [-0.3, -0.25) is 4.84 Å². The van der Waals surface area contributed by atoms with Gasteiger partial charge in [0, 0.05) is 6.04 Å². The minimum Gasteiger partial charge on any atom is -0.411 e. The molecule has 0 spiro atoms. The molecule has 1 amide bonds. The first kappa shape index (κ1) is 32.4. The van der Waals surface area contributed by atoms with Gasteiger partial charge in [0.25, 0.3) is 0 Å². The van der Waals surface area contributed by atoms with Crippen molar-refractivity contribution >= 4 is 23.2 Å². The number of oxime groups is 3. The highest BCUT2D eigenvalue weighted by molar-refractivity contribution is 5.79. The minimum atomic E-state index is -0.883. The zero-order valence-corrected chi connectivity index (χ0v) is 17.9. The summed E-state index contributed by atoms with van der Waals surface area (Å²) in [5.74, 6) is 0. The van der Waals surface area contributed by atoms with E-state index in [0.717, 1.165) is 5.71 Å². The van der Waals surface area contributed by atoms with Gasteiger partial charge < -0.3 is 25.7 Å². The topological polar surface area (TPSA) is 160 Å². The molecule has 0 rings (SSSR count).